The van der Waals surface area contributed by atoms with Crippen molar-refractivity contribution < 1.29 is 23.5 Å². The standard InChI is InChI=1S/C22H19ClFNO4S/c1-4-28-21(26)17-12(3)10-15(14-7-6-13(24)11-16(14)23)18(22(27)29-5-2)19(17)20-25-8-9-30-20/h6-11H,4-5H2,1-3H3. The highest BCUT2D eigenvalue weighted by Gasteiger charge is 2.30. The summed E-state index contributed by atoms with van der Waals surface area (Å²) in [7, 11) is 0. The molecule has 0 atom stereocenters. The molecule has 0 radical (unpaired) electrons. The first-order valence-corrected chi connectivity index (χ1v) is 10.5. The second-order valence-electron chi connectivity index (χ2n) is 6.27. The summed E-state index contributed by atoms with van der Waals surface area (Å²) in [4.78, 5) is 30.2. The van der Waals surface area contributed by atoms with Crippen LogP contribution in [0.5, 0.6) is 0 Å². The van der Waals surface area contributed by atoms with E-state index in [1.165, 1.54) is 29.5 Å². The molecule has 30 heavy (non-hydrogen) atoms. The molecule has 0 bridgehead atoms. The molecule has 1 aromatic heterocycles. The zero-order chi connectivity index (χ0) is 21.8. The first kappa shape index (κ1) is 21.9. The van der Waals surface area contributed by atoms with Crippen molar-refractivity contribution in [2.24, 2.45) is 0 Å². The summed E-state index contributed by atoms with van der Waals surface area (Å²) in [6, 6.07) is 5.58. The fourth-order valence-electron chi connectivity index (χ4n) is 3.18. The second kappa shape index (κ2) is 9.36. The number of benzene rings is 2. The van der Waals surface area contributed by atoms with Crippen molar-refractivity contribution in [2.75, 3.05) is 13.2 Å². The highest BCUT2D eigenvalue weighted by molar-refractivity contribution is 7.13. The first-order chi connectivity index (χ1) is 14.4. The molecular weight excluding hydrogens is 429 g/mol. The number of hydrogen-bond donors (Lipinski definition) is 0. The largest absolute Gasteiger partial charge is 0.462 e. The van der Waals surface area contributed by atoms with Gasteiger partial charge in [0.25, 0.3) is 0 Å². The average Bonchev–Trinajstić information content (AvgIpc) is 3.22. The number of carbonyl (C=O) groups excluding carboxylic acids is 2. The molecule has 3 rings (SSSR count). The van der Waals surface area contributed by atoms with Crippen LogP contribution in [-0.2, 0) is 9.47 Å². The fourth-order valence-corrected chi connectivity index (χ4v) is 4.14. The van der Waals surface area contributed by atoms with E-state index in [4.69, 9.17) is 21.1 Å². The van der Waals surface area contributed by atoms with E-state index in [-0.39, 0.29) is 29.4 Å². The molecule has 0 spiro atoms. The third-order valence-electron chi connectivity index (χ3n) is 4.35. The number of halogens is 2. The Morgan fingerprint density at radius 1 is 1.07 bits per heavy atom. The average molecular weight is 448 g/mol. The van der Waals surface area contributed by atoms with Gasteiger partial charge in [0, 0.05) is 22.7 Å². The lowest BCUT2D eigenvalue weighted by Gasteiger charge is -2.19. The number of thiazole rings is 1. The maximum absolute atomic E-state index is 13.6. The minimum absolute atomic E-state index is 0.133. The molecule has 1 heterocycles. The Morgan fingerprint density at radius 2 is 1.73 bits per heavy atom. The zero-order valence-electron chi connectivity index (χ0n) is 16.6. The Hall–Kier alpha value is -2.77. The number of nitrogens with zero attached hydrogens (tertiary/aromatic N) is 1. The number of esters is 2. The Balaban J connectivity index is 2.44. The lowest BCUT2D eigenvalue weighted by Crippen LogP contribution is -2.15. The summed E-state index contributed by atoms with van der Waals surface area (Å²) < 4.78 is 24.2. The number of hydrogen-bond acceptors (Lipinski definition) is 6. The van der Waals surface area contributed by atoms with Crippen LogP contribution in [0.3, 0.4) is 0 Å². The van der Waals surface area contributed by atoms with E-state index in [1.54, 1.807) is 38.4 Å². The molecule has 0 amide bonds. The Kier molecular flexibility index (Phi) is 6.84. The molecule has 0 N–H and O–H groups in total. The summed E-state index contributed by atoms with van der Waals surface area (Å²) in [5.41, 5.74) is 2.12. The SMILES string of the molecule is CCOC(=O)c1c(C)cc(-c2ccc(F)cc2Cl)c(C(=O)OCC)c1-c1nccs1. The lowest BCUT2D eigenvalue weighted by atomic mass is 9.88. The van der Waals surface area contributed by atoms with Crippen LogP contribution >= 0.6 is 22.9 Å². The van der Waals surface area contributed by atoms with Crippen molar-refractivity contribution in [1.82, 2.24) is 4.98 Å². The summed E-state index contributed by atoms with van der Waals surface area (Å²) in [6.07, 6.45) is 1.58. The third-order valence-corrected chi connectivity index (χ3v) is 5.45. The van der Waals surface area contributed by atoms with Gasteiger partial charge in [-0.05, 0) is 56.2 Å². The normalized spacial score (nSPS) is 10.7. The van der Waals surface area contributed by atoms with Gasteiger partial charge in [0.1, 0.15) is 10.8 Å². The molecule has 156 valence electrons. The smallest absolute Gasteiger partial charge is 0.339 e. The van der Waals surface area contributed by atoms with Crippen LogP contribution in [0.1, 0.15) is 40.1 Å². The molecule has 0 saturated heterocycles. The molecule has 0 saturated carbocycles. The Morgan fingerprint density at radius 3 is 2.30 bits per heavy atom. The van der Waals surface area contributed by atoms with Crippen LogP contribution in [0.2, 0.25) is 5.02 Å². The molecule has 0 aliphatic rings. The van der Waals surface area contributed by atoms with Crippen LogP contribution in [0.15, 0.2) is 35.8 Å². The topological polar surface area (TPSA) is 65.5 Å². The van der Waals surface area contributed by atoms with E-state index in [0.717, 1.165) is 0 Å². The Bertz CT molecular complexity index is 1100. The van der Waals surface area contributed by atoms with E-state index in [0.29, 0.717) is 27.3 Å². The monoisotopic (exact) mass is 447 g/mol. The van der Waals surface area contributed by atoms with Gasteiger partial charge >= 0.3 is 11.9 Å². The van der Waals surface area contributed by atoms with Crippen molar-refractivity contribution in [1.29, 1.82) is 0 Å². The van der Waals surface area contributed by atoms with Crippen molar-refractivity contribution in [3.63, 3.8) is 0 Å². The summed E-state index contributed by atoms with van der Waals surface area (Å²) in [6.45, 7) is 5.44. The van der Waals surface area contributed by atoms with Crippen molar-refractivity contribution in [2.45, 2.75) is 20.8 Å². The van der Waals surface area contributed by atoms with E-state index in [1.807, 2.05) is 0 Å². The molecule has 0 unspecified atom stereocenters. The maximum atomic E-state index is 13.6. The van der Waals surface area contributed by atoms with Crippen LogP contribution in [-0.4, -0.2) is 30.1 Å². The minimum atomic E-state index is -0.636. The lowest BCUT2D eigenvalue weighted by molar-refractivity contribution is 0.0526. The predicted octanol–water partition coefficient (Wildman–Crippen LogP) is 5.93. The number of aryl methyl sites for hydroxylation is 1. The van der Waals surface area contributed by atoms with Crippen molar-refractivity contribution >= 4 is 34.9 Å². The number of carbonyl (C=O) groups is 2. The van der Waals surface area contributed by atoms with Gasteiger partial charge in [-0.2, -0.15) is 0 Å². The van der Waals surface area contributed by atoms with E-state index in [9.17, 15) is 14.0 Å². The van der Waals surface area contributed by atoms with Crippen molar-refractivity contribution in [3.05, 3.63) is 63.4 Å². The van der Waals surface area contributed by atoms with Crippen LogP contribution < -0.4 is 0 Å². The van der Waals surface area contributed by atoms with Gasteiger partial charge in [-0.1, -0.05) is 11.6 Å². The highest BCUT2D eigenvalue weighted by atomic mass is 35.5. The second-order valence-corrected chi connectivity index (χ2v) is 7.57. The summed E-state index contributed by atoms with van der Waals surface area (Å²) in [5.74, 6) is -1.70. The minimum Gasteiger partial charge on any atom is -0.462 e. The van der Waals surface area contributed by atoms with Gasteiger partial charge in [0.05, 0.1) is 29.4 Å². The molecule has 0 fully saturated rings. The van der Waals surface area contributed by atoms with Crippen LogP contribution in [0, 0.1) is 12.7 Å². The van der Waals surface area contributed by atoms with Crippen LogP contribution in [0.4, 0.5) is 4.39 Å². The van der Waals surface area contributed by atoms with Gasteiger partial charge < -0.3 is 9.47 Å². The summed E-state index contributed by atoms with van der Waals surface area (Å²) in [5, 5.41) is 2.34. The highest BCUT2D eigenvalue weighted by Crippen LogP contribution is 2.41. The van der Waals surface area contributed by atoms with Crippen molar-refractivity contribution in [3.8, 4) is 21.7 Å². The van der Waals surface area contributed by atoms with Gasteiger partial charge in [-0.25, -0.2) is 19.0 Å². The maximum Gasteiger partial charge on any atom is 0.339 e. The Labute approximate surface area is 182 Å². The molecule has 0 aliphatic carbocycles. The molecule has 0 aliphatic heterocycles. The van der Waals surface area contributed by atoms with Crippen LogP contribution in [0.25, 0.3) is 21.7 Å². The van der Waals surface area contributed by atoms with E-state index >= 15 is 0 Å². The molecule has 8 heteroatoms. The van der Waals surface area contributed by atoms with Gasteiger partial charge in [-0.3, -0.25) is 0 Å². The molecule has 5 nitrogen and oxygen atoms in total. The fraction of sp³-hybridized carbons (Fsp3) is 0.227. The van der Waals surface area contributed by atoms with E-state index < -0.39 is 17.8 Å². The quantitative estimate of drug-likeness (QED) is 0.438. The molecule has 2 aromatic carbocycles. The van der Waals surface area contributed by atoms with Gasteiger partial charge in [-0.15, -0.1) is 11.3 Å². The zero-order valence-corrected chi connectivity index (χ0v) is 18.2. The number of rotatable bonds is 6. The molecular formula is C22H19ClFNO4S. The number of ether oxygens (including phenoxy) is 2. The predicted molar refractivity (Wildman–Crippen MR) is 115 cm³/mol. The summed E-state index contributed by atoms with van der Waals surface area (Å²) >= 11 is 7.58. The van der Waals surface area contributed by atoms with E-state index in [2.05, 4.69) is 4.98 Å². The number of aromatic nitrogens is 1. The third kappa shape index (κ3) is 4.22. The van der Waals surface area contributed by atoms with Gasteiger partial charge in [0.15, 0.2) is 0 Å². The molecule has 3 aromatic rings. The first-order valence-electron chi connectivity index (χ1n) is 9.26. The van der Waals surface area contributed by atoms with Gasteiger partial charge in [0.2, 0.25) is 0 Å².